The van der Waals surface area contributed by atoms with Crippen LogP contribution in [0.2, 0.25) is 10.0 Å². The van der Waals surface area contributed by atoms with Crippen molar-refractivity contribution in [3.05, 3.63) is 86.3 Å². The molecule has 1 N–H and O–H groups in total. The molecular formula is C20H12Cl2N4O2. The van der Waals surface area contributed by atoms with E-state index in [9.17, 15) is 10.1 Å². The van der Waals surface area contributed by atoms with Gasteiger partial charge in [0.2, 0.25) is 5.75 Å². The molecule has 0 bridgehead atoms. The molecule has 28 heavy (non-hydrogen) atoms. The Kier molecular flexibility index (Phi) is 4.78. The first-order valence-corrected chi connectivity index (χ1v) is 9.00. The Labute approximate surface area is 169 Å². The number of rotatable bonds is 4. The van der Waals surface area contributed by atoms with E-state index >= 15 is 0 Å². The number of hydrogen-bond donors (Lipinski definition) is 1. The number of aromatic nitrogens is 3. The van der Waals surface area contributed by atoms with Crippen LogP contribution in [0, 0.1) is 11.3 Å². The normalized spacial score (nSPS) is 10.8. The molecule has 138 valence electrons. The molecule has 0 radical (unpaired) electrons. The predicted octanol–water partition coefficient (Wildman–Crippen LogP) is 4.45. The number of nitrogens with zero attached hydrogens (tertiary/aromatic N) is 3. The minimum atomic E-state index is -0.475. The fourth-order valence-corrected chi connectivity index (χ4v) is 3.31. The number of aromatic amines is 1. The monoisotopic (exact) mass is 410 g/mol. The molecule has 0 aliphatic carbocycles. The Morgan fingerprint density at radius 3 is 2.68 bits per heavy atom. The lowest BCUT2D eigenvalue weighted by Gasteiger charge is -2.05. The zero-order chi connectivity index (χ0) is 19.7. The summed E-state index contributed by atoms with van der Waals surface area (Å²) in [5, 5.41) is 14.7. The fourth-order valence-electron chi connectivity index (χ4n) is 2.81. The minimum absolute atomic E-state index is 0.0945. The Hall–Kier alpha value is -3.27. The van der Waals surface area contributed by atoms with Gasteiger partial charge in [0.15, 0.2) is 5.65 Å². The summed E-state index contributed by atoms with van der Waals surface area (Å²) < 4.78 is 6.74. The van der Waals surface area contributed by atoms with Gasteiger partial charge in [-0.15, -0.1) is 0 Å². The van der Waals surface area contributed by atoms with Gasteiger partial charge in [-0.25, -0.2) is 0 Å². The standard InChI is InChI=1S/C20H12Cl2N4O2/c21-13-6-7-14(16(22)8-13)18-15(9-23)19-24-10-17(20(27)26(19)25-18)28-11-12-4-2-1-3-5-12/h1-8,10,24H,11H2. The average molecular weight is 411 g/mol. The van der Waals surface area contributed by atoms with Crippen LogP contribution in [-0.4, -0.2) is 14.6 Å². The number of halogens is 2. The first-order chi connectivity index (χ1) is 13.6. The van der Waals surface area contributed by atoms with Crippen LogP contribution in [0.4, 0.5) is 0 Å². The van der Waals surface area contributed by atoms with E-state index in [0.29, 0.717) is 15.6 Å². The van der Waals surface area contributed by atoms with Gasteiger partial charge < -0.3 is 9.72 Å². The highest BCUT2D eigenvalue weighted by atomic mass is 35.5. The summed E-state index contributed by atoms with van der Waals surface area (Å²) in [6, 6.07) is 16.4. The van der Waals surface area contributed by atoms with Crippen molar-refractivity contribution in [2.75, 3.05) is 0 Å². The van der Waals surface area contributed by atoms with Crippen LogP contribution >= 0.6 is 23.2 Å². The van der Waals surface area contributed by atoms with Crippen molar-refractivity contribution < 1.29 is 4.74 Å². The van der Waals surface area contributed by atoms with Crippen LogP contribution in [0.1, 0.15) is 11.1 Å². The molecular weight excluding hydrogens is 399 g/mol. The van der Waals surface area contributed by atoms with Gasteiger partial charge in [0.25, 0.3) is 0 Å². The number of H-pyrrole nitrogens is 1. The largest absolute Gasteiger partial charge is 0.482 e. The maximum Gasteiger partial charge on any atom is 0.316 e. The molecule has 0 saturated heterocycles. The van der Waals surface area contributed by atoms with E-state index in [4.69, 9.17) is 27.9 Å². The smallest absolute Gasteiger partial charge is 0.316 e. The van der Waals surface area contributed by atoms with Crippen LogP contribution in [-0.2, 0) is 6.61 Å². The Morgan fingerprint density at radius 2 is 1.96 bits per heavy atom. The van der Waals surface area contributed by atoms with Gasteiger partial charge in [0.05, 0.1) is 11.2 Å². The van der Waals surface area contributed by atoms with Gasteiger partial charge in [-0.05, 0) is 23.8 Å². The third kappa shape index (κ3) is 3.22. The Morgan fingerprint density at radius 1 is 1.18 bits per heavy atom. The second kappa shape index (κ2) is 7.39. The van der Waals surface area contributed by atoms with Crippen molar-refractivity contribution in [1.82, 2.24) is 14.6 Å². The number of nitrogens with one attached hydrogen (secondary N) is 1. The quantitative estimate of drug-likeness (QED) is 0.538. The van der Waals surface area contributed by atoms with Crippen LogP contribution in [0.3, 0.4) is 0 Å². The maximum atomic E-state index is 12.8. The highest BCUT2D eigenvalue weighted by Crippen LogP contribution is 2.32. The summed E-state index contributed by atoms with van der Waals surface area (Å²) in [5.74, 6) is 0.0945. The van der Waals surface area contributed by atoms with E-state index in [0.717, 1.165) is 10.1 Å². The molecule has 2 aromatic heterocycles. The molecule has 4 aromatic rings. The zero-order valence-corrected chi connectivity index (χ0v) is 15.8. The lowest BCUT2D eigenvalue weighted by atomic mass is 10.1. The summed E-state index contributed by atoms with van der Waals surface area (Å²) >= 11 is 12.2. The first-order valence-electron chi connectivity index (χ1n) is 8.25. The summed E-state index contributed by atoms with van der Waals surface area (Å²) in [4.78, 5) is 15.7. The van der Waals surface area contributed by atoms with E-state index in [1.54, 1.807) is 18.2 Å². The molecule has 0 saturated carbocycles. The van der Waals surface area contributed by atoms with Gasteiger partial charge in [0, 0.05) is 10.6 Å². The summed E-state index contributed by atoms with van der Waals surface area (Å²) in [6.07, 6.45) is 1.43. The first kappa shape index (κ1) is 18.1. The molecule has 0 unspecified atom stereocenters. The Balaban J connectivity index is 1.79. The molecule has 4 rings (SSSR count). The maximum absolute atomic E-state index is 12.8. The highest BCUT2D eigenvalue weighted by Gasteiger charge is 2.20. The Bertz CT molecular complexity index is 1270. The lowest BCUT2D eigenvalue weighted by molar-refractivity contribution is 0.299. The number of benzene rings is 2. The third-order valence-electron chi connectivity index (χ3n) is 4.16. The third-order valence-corrected chi connectivity index (χ3v) is 4.71. The van der Waals surface area contributed by atoms with Crippen molar-refractivity contribution >= 4 is 28.8 Å². The average Bonchev–Trinajstić information content (AvgIpc) is 3.07. The summed E-state index contributed by atoms with van der Waals surface area (Å²) in [5.41, 5.74) is 1.71. The van der Waals surface area contributed by atoms with E-state index < -0.39 is 5.56 Å². The molecule has 0 spiro atoms. The molecule has 8 heteroatoms. The summed E-state index contributed by atoms with van der Waals surface area (Å²) in [6.45, 7) is 0.234. The number of ether oxygens (including phenoxy) is 1. The van der Waals surface area contributed by atoms with Crippen molar-refractivity contribution in [3.63, 3.8) is 0 Å². The number of hydrogen-bond acceptors (Lipinski definition) is 4. The number of fused-ring (bicyclic) bond motifs is 1. The lowest BCUT2D eigenvalue weighted by Crippen LogP contribution is -2.18. The van der Waals surface area contributed by atoms with Crippen LogP contribution in [0.5, 0.6) is 5.75 Å². The van der Waals surface area contributed by atoms with Crippen molar-refractivity contribution in [3.8, 4) is 23.1 Å². The van der Waals surface area contributed by atoms with E-state index in [1.807, 2.05) is 30.3 Å². The van der Waals surface area contributed by atoms with E-state index in [-0.39, 0.29) is 29.3 Å². The SMILES string of the molecule is N#Cc1c(-c2ccc(Cl)cc2Cl)nn2c(=O)c(OCc3ccccc3)c[nH]c12. The van der Waals surface area contributed by atoms with E-state index in [1.165, 1.54) is 6.20 Å². The molecule has 0 fully saturated rings. The topological polar surface area (TPSA) is 83.2 Å². The second-order valence-corrected chi connectivity index (χ2v) is 6.80. The van der Waals surface area contributed by atoms with Gasteiger partial charge in [-0.1, -0.05) is 53.5 Å². The zero-order valence-electron chi connectivity index (χ0n) is 14.3. The minimum Gasteiger partial charge on any atom is -0.482 e. The highest BCUT2D eigenvalue weighted by molar-refractivity contribution is 6.36. The van der Waals surface area contributed by atoms with Gasteiger partial charge >= 0.3 is 5.56 Å². The molecule has 0 aliphatic rings. The van der Waals surface area contributed by atoms with Gasteiger partial charge in [-0.2, -0.15) is 14.9 Å². The predicted molar refractivity (Wildman–Crippen MR) is 107 cm³/mol. The van der Waals surface area contributed by atoms with Crippen molar-refractivity contribution in [2.24, 2.45) is 0 Å². The second-order valence-electron chi connectivity index (χ2n) is 5.95. The molecule has 2 aromatic carbocycles. The van der Waals surface area contributed by atoms with Crippen LogP contribution in [0.15, 0.2) is 59.5 Å². The fraction of sp³-hybridized carbons (Fsp3) is 0.0500. The van der Waals surface area contributed by atoms with Crippen molar-refractivity contribution in [2.45, 2.75) is 6.61 Å². The molecule has 0 amide bonds. The van der Waals surface area contributed by atoms with E-state index in [2.05, 4.69) is 16.2 Å². The van der Waals surface area contributed by atoms with Crippen LogP contribution < -0.4 is 10.3 Å². The molecule has 0 aliphatic heterocycles. The molecule has 2 heterocycles. The van der Waals surface area contributed by atoms with Gasteiger partial charge in [-0.3, -0.25) is 4.79 Å². The summed E-state index contributed by atoms with van der Waals surface area (Å²) in [7, 11) is 0. The van der Waals surface area contributed by atoms with Crippen LogP contribution in [0.25, 0.3) is 16.9 Å². The van der Waals surface area contributed by atoms with Crippen molar-refractivity contribution in [1.29, 1.82) is 5.26 Å². The molecule has 0 atom stereocenters. The van der Waals surface area contributed by atoms with Gasteiger partial charge in [0.1, 0.15) is 23.9 Å². The molecule has 6 nitrogen and oxygen atoms in total. The number of nitriles is 1.